The predicted molar refractivity (Wildman–Crippen MR) is 38.8 cm³/mol. The standard InChI is InChI=1S/C5H13O5P/c1-5(2,3)9-4-10-11(6,7)8/h4H2,1-3H3,(H2,6,7,8). The van der Waals surface area contributed by atoms with Crippen molar-refractivity contribution in [3.05, 3.63) is 0 Å². The van der Waals surface area contributed by atoms with Gasteiger partial charge in [-0.05, 0) is 20.8 Å². The molecular formula is C5H13O5P. The Balaban J connectivity index is 3.52. The Hall–Kier alpha value is 0.0700. The lowest BCUT2D eigenvalue weighted by Gasteiger charge is -2.19. The van der Waals surface area contributed by atoms with Gasteiger partial charge in [-0.15, -0.1) is 0 Å². The minimum absolute atomic E-state index is 0.395. The second kappa shape index (κ2) is 3.65. The van der Waals surface area contributed by atoms with Crippen LogP contribution in [0.1, 0.15) is 20.8 Å². The fourth-order valence-corrected chi connectivity index (χ4v) is 0.462. The van der Waals surface area contributed by atoms with Crippen molar-refractivity contribution in [1.29, 1.82) is 0 Å². The van der Waals surface area contributed by atoms with E-state index in [0.29, 0.717) is 0 Å². The fourth-order valence-electron chi connectivity index (χ4n) is 0.272. The highest BCUT2D eigenvalue weighted by Gasteiger charge is 2.16. The van der Waals surface area contributed by atoms with Crippen molar-refractivity contribution in [2.75, 3.05) is 6.79 Å². The van der Waals surface area contributed by atoms with E-state index < -0.39 is 20.2 Å². The van der Waals surface area contributed by atoms with Gasteiger partial charge in [-0.1, -0.05) is 0 Å². The highest BCUT2D eigenvalue weighted by Crippen LogP contribution is 2.35. The number of phosphoric acid groups is 1. The number of hydrogen-bond donors (Lipinski definition) is 2. The summed E-state index contributed by atoms with van der Waals surface area (Å²) >= 11 is 0. The number of hydrogen-bond acceptors (Lipinski definition) is 3. The Kier molecular flexibility index (Phi) is 3.67. The lowest BCUT2D eigenvalue weighted by atomic mass is 10.2. The van der Waals surface area contributed by atoms with Crippen molar-refractivity contribution in [3.63, 3.8) is 0 Å². The summed E-state index contributed by atoms with van der Waals surface area (Å²) < 4.78 is 19.1. The van der Waals surface area contributed by atoms with Crippen LogP contribution in [0, 0.1) is 0 Å². The largest absolute Gasteiger partial charge is 0.471 e. The molecule has 68 valence electrons. The second-order valence-electron chi connectivity index (χ2n) is 2.99. The third-order valence-electron chi connectivity index (χ3n) is 0.713. The van der Waals surface area contributed by atoms with Gasteiger partial charge in [-0.2, -0.15) is 0 Å². The van der Waals surface area contributed by atoms with Crippen LogP contribution < -0.4 is 0 Å². The topological polar surface area (TPSA) is 76.0 Å². The summed E-state index contributed by atoms with van der Waals surface area (Å²) in [5, 5.41) is 0. The van der Waals surface area contributed by atoms with E-state index in [9.17, 15) is 4.57 Å². The van der Waals surface area contributed by atoms with Gasteiger partial charge in [-0.3, -0.25) is 4.52 Å². The monoisotopic (exact) mass is 184 g/mol. The van der Waals surface area contributed by atoms with E-state index in [1.165, 1.54) is 0 Å². The number of phosphoric ester groups is 1. The zero-order chi connectivity index (χ0) is 9.12. The van der Waals surface area contributed by atoms with Crippen molar-refractivity contribution >= 4 is 7.82 Å². The van der Waals surface area contributed by atoms with Crippen molar-refractivity contribution < 1.29 is 23.6 Å². The quantitative estimate of drug-likeness (QED) is 0.502. The van der Waals surface area contributed by atoms with Gasteiger partial charge in [0.05, 0.1) is 5.60 Å². The molecule has 5 nitrogen and oxygen atoms in total. The molecule has 0 aromatic heterocycles. The molecule has 0 fully saturated rings. The molecule has 0 saturated carbocycles. The lowest BCUT2D eigenvalue weighted by Crippen LogP contribution is -2.20. The first-order chi connectivity index (χ1) is 4.71. The van der Waals surface area contributed by atoms with E-state index in [4.69, 9.17) is 14.5 Å². The Morgan fingerprint density at radius 1 is 1.36 bits per heavy atom. The molecule has 0 atom stereocenters. The maximum absolute atomic E-state index is 10.1. The Bertz CT molecular complexity index is 155. The van der Waals surface area contributed by atoms with E-state index >= 15 is 0 Å². The van der Waals surface area contributed by atoms with Gasteiger partial charge >= 0.3 is 7.82 Å². The SMILES string of the molecule is CC(C)(C)OCOP(=O)(O)O. The van der Waals surface area contributed by atoms with Crippen LogP contribution in [-0.2, 0) is 13.8 Å². The minimum Gasteiger partial charge on any atom is -0.349 e. The Morgan fingerprint density at radius 2 is 1.82 bits per heavy atom. The van der Waals surface area contributed by atoms with Crippen molar-refractivity contribution in [2.45, 2.75) is 26.4 Å². The minimum atomic E-state index is -4.38. The molecule has 0 aliphatic rings. The van der Waals surface area contributed by atoms with Crippen LogP contribution in [0.3, 0.4) is 0 Å². The molecule has 6 heteroatoms. The first-order valence-electron chi connectivity index (χ1n) is 3.05. The molecule has 11 heavy (non-hydrogen) atoms. The van der Waals surface area contributed by atoms with Crippen LogP contribution in [0.4, 0.5) is 0 Å². The zero-order valence-corrected chi connectivity index (χ0v) is 7.67. The van der Waals surface area contributed by atoms with Crippen LogP contribution in [0.15, 0.2) is 0 Å². The van der Waals surface area contributed by atoms with Crippen LogP contribution in [0.25, 0.3) is 0 Å². The molecule has 0 aromatic rings. The maximum Gasteiger partial charge on any atom is 0.471 e. The summed E-state index contributed by atoms with van der Waals surface area (Å²) in [5.74, 6) is 0. The van der Waals surface area contributed by atoms with E-state index in [2.05, 4.69) is 4.52 Å². The van der Waals surface area contributed by atoms with Gasteiger partial charge in [0.1, 0.15) is 0 Å². The summed E-state index contributed by atoms with van der Waals surface area (Å²) in [7, 11) is -4.38. The molecule has 0 aliphatic heterocycles. The van der Waals surface area contributed by atoms with Crippen LogP contribution in [0.5, 0.6) is 0 Å². The van der Waals surface area contributed by atoms with Crippen LogP contribution >= 0.6 is 7.82 Å². The van der Waals surface area contributed by atoms with Gasteiger partial charge in [0.2, 0.25) is 0 Å². The van der Waals surface area contributed by atoms with E-state index in [1.54, 1.807) is 20.8 Å². The van der Waals surface area contributed by atoms with Crippen molar-refractivity contribution in [3.8, 4) is 0 Å². The van der Waals surface area contributed by atoms with Gasteiger partial charge < -0.3 is 14.5 Å². The summed E-state index contributed by atoms with van der Waals surface area (Å²) in [6.45, 7) is 4.88. The fraction of sp³-hybridized carbons (Fsp3) is 1.00. The van der Waals surface area contributed by atoms with Gasteiger partial charge in [0, 0.05) is 0 Å². The first-order valence-corrected chi connectivity index (χ1v) is 4.58. The van der Waals surface area contributed by atoms with Gasteiger partial charge in [-0.25, -0.2) is 4.57 Å². The van der Waals surface area contributed by atoms with Crippen molar-refractivity contribution in [2.24, 2.45) is 0 Å². The molecule has 0 spiro atoms. The molecule has 0 bridgehead atoms. The molecule has 0 heterocycles. The number of ether oxygens (including phenoxy) is 1. The molecule has 0 aliphatic carbocycles. The number of rotatable bonds is 3. The summed E-state index contributed by atoms with van der Waals surface area (Å²) in [4.78, 5) is 16.4. The molecule has 2 N–H and O–H groups in total. The maximum atomic E-state index is 10.1. The molecule has 0 unspecified atom stereocenters. The average molecular weight is 184 g/mol. The molecule has 0 saturated heterocycles. The summed E-state index contributed by atoms with van der Waals surface area (Å²) in [6.07, 6.45) is 0. The Morgan fingerprint density at radius 3 is 2.09 bits per heavy atom. The molecule has 0 rings (SSSR count). The third kappa shape index (κ3) is 10.1. The molecular weight excluding hydrogens is 171 g/mol. The smallest absolute Gasteiger partial charge is 0.349 e. The summed E-state index contributed by atoms with van der Waals surface area (Å²) in [6, 6.07) is 0. The molecule has 0 amide bonds. The van der Waals surface area contributed by atoms with E-state index in [-0.39, 0.29) is 0 Å². The predicted octanol–water partition coefficient (Wildman–Crippen LogP) is 0.868. The van der Waals surface area contributed by atoms with Crippen LogP contribution in [-0.4, -0.2) is 22.2 Å². The molecule has 0 radical (unpaired) electrons. The lowest BCUT2D eigenvalue weighted by molar-refractivity contribution is -0.0838. The van der Waals surface area contributed by atoms with Gasteiger partial charge in [0.25, 0.3) is 0 Å². The Labute approximate surface area is 65.6 Å². The second-order valence-corrected chi connectivity index (χ2v) is 4.23. The van der Waals surface area contributed by atoms with E-state index in [0.717, 1.165) is 0 Å². The van der Waals surface area contributed by atoms with Crippen molar-refractivity contribution in [1.82, 2.24) is 0 Å². The van der Waals surface area contributed by atoms with Gasteiger partial charge in [0.15, 0.2) is 6.79 Å². The zero-order valence-electron chi connectivity index (χ0n) is 6.77. The normalized spacial score (nSPS) is 13.5. The highest BCUT2D eigenvalue weighted by atomic mass is 31.2. The summed E-state index contributed by atoms with van der Waals surface area (Å²) in [5.41, 5.74) is -0.449. The average Bonchev–Trinajstić information content (AvgIpc) is 1.55. The molecule has 0 aromatic carbocycles. The van der Waals surface area contributed by atoms with Crippen LogP contribution in [0.2, 0.25) is 0 Å². The first kappa shape index (κ1) is 11.1. The highest BCUT2D eigenvalue weighted by molar-refractivity contribution is 7.46. The van der Waals surface area contributed by atoms with E-state index in [1.807, 2.05) is 0 Å². The third-order valence-corrected chi connectivity index (χ3v) is 1.15.